The Morgan fingerprint density at radius 3 is 2.61 bits per heavy atom. The zero-order valence-corrected chi connectivity index (χ0v) is 16.7. The fourth-order valence-electron chi connectivity index (χ4n) is 4.38. The topological polar surface area (TPSA) is 69.6 Å². The molecule has 1 aliphatic carbocycles. The van der Waals surface area contributed by atoms with Crippen LogP contribution < -0.4 is 5.48 Å². The molecule has 1 aliphatic heterocycles. The Balaban J connectivity index is 1.54. The van der Waals surface area contributed by atoms with Crippen molar-refractivity contribution in [2.24, 2.45) is 5.41 Å². The van der Waals surface area contributed by atoms with Gasteiger partial charge in [0, 0.05) is 34.3 Å². The average Bonchev–Trinajstić information content (AvgIpc) is 2.99. The van der Waals surface area contributed by atoms with E-state index in [4.69, 9.17) is 28.4 Å². The lowest BCUT2D eigenvalue weighted by atomic mass is 9.70. The third-order valence-corrected chi connectivity index (χ3v) is 6.69. The first-order chi connectivity index (χ1) is 13.4. The number of aryl methyl sites for hydroxylation is 1. The number of nitrogens with zero attached hydrogens (tertiary/aromatic N) is 1. The van der Waals surface area contributed by atoms with Crippen LogP contribution in [0.15, 0.2) is 36.4 Å². The van der Waals surface area contributed by atoms with Crippen molar-refractivity contribution < 1.29 is 14.8 Å². The molecule has 1 fully saturated rings. The Hall–Kier alpha value is -2.08. The molecule has 146 valence electrons. The number of hydrogen-bond acceptors (Lipinski definition) is 3. The summed E-state index contributed by atoms with van der Waals surface area (Å²) in [5.74, 6) is -0.380. The molecule has 0 saturated carbocycles. The van der Waals surface area contributed by atoms with Gasteiger partial charge in [-0.3, -0.25) is 14.8 Å². The zero-order valence-electron chi connectivity index (χ0n) is 15.2. The van der Waals surface area contributed by atoms with E-state index in [1.807, 2.05) is 11.0 Å². The number of nitrogens with one attached hydrogen (secondary N) is 1. The van der Waals surface area contributed by atoms with E-state index < -0.39 is 11.3 Å². The van der Waals surface area contributed by atoms with Crippen molar-refractivity contribution in [3.05, 3.63) is 68.7 Å². The third-order valence-electron chi connectivity index (χ3n) is 5.98. The molecule has 0 radical (unpaired) electrons. The molecule has 1 heterocycles. The maximum Gasteiger partial charge on any atom is 0.274 e. The molecular formula is C21H20Cl2N2O3. The number of amides is 2. The summed E-state index contributed by atoms with van der Waals surface area (Å²) in [7, 11) is 0. The van der Waals surface area contributed by atoms with Crippen molar-refractivity contribution in [2.45, 2.75) is 32.2 Å². The van der Waals surface area contributed by atoms with Gasteiger partial charge in [-0.2, -0.15) is 0 Å². The maximum atomic E-state index is 13.3. The number of hydroxylamine groups is 1. The van der Waals surface area contributed by atoms with Crippen LogP contribution in [0.4, 0.5) is 0 Å². The number of carbonyl (C=O) groups is 2. The van der Waals surface area contributed by atoms with Crippen molar-refractivity contribution in [3.8, 4) is 0 Å². The lowest BCUT2D eigenvalue weighted by molar-refractivity contribution is -0.137. The number of likely N-dealkylation sites (tertiary alicyclic amines) is 1. The number of hydrogen-bond donors (Lipinski definition) is 2. The summed E-state index contributed by atoms with van der Waals surface area (Å²) in [4.78, 5) is 26.8. The minimum atomic E-state index is -0.525. The second-order valence-electron chi connectivity index (χ2n) is 7.56. The molecule has 2 aromatic carbocycles. The molecule has 2 amide bonds. The van der Waals surface area contributed by atoms with Gasteiger partial charge in [0.05, 0.1) is 5.41 Å². The number of carbonyl (C=O) groups excluding carboxylic acids is 2. The van der Waals surface area contributed by atoms with Gasteiger partial charge in [0.25, 0.3) is 5.91 Å². The average molecular weight is 419 g/mol. The van der Waals surface area contributed by atoms with E-state index in [2.05, 4.69) is 0 Å². The second-order valence-corrected chi connectivity index (χ2v) is 8.37. The van der Waals surface area contributed by atoms with Crippen LogP contribution in [0.25, 0.3) is 0 Å². The van der Waals surface area contributed by atoms with Crippen LogP contribution in [0.5, 0.6) is 0 Å². The smallest absolute Gasteiger partial charge is 0.274 e. The number of rotatable bonds is 3. The molecule has 0 unspecified atom stereocenters. The lowest BCUT2D eigenvalue weighted by Gasteiger charge is -2.33. The first kappa shape index (κ1) is 19.2. The number of fused-ring (bicyclic) bond motifs is 1. The number of halogens is 2. The molecule has 1 spiro atoms. The van der Waals surface area contributed by atoms with Gasteiger partial charge in [0.1, 0.15) is 0 Å². The highest BCUT2D eigenvalue weighted by Crippen LogP contribution is 2.44. The summed E-state index contributed by atoms with van der Waals surface area (Å²) in [6, 6.07) is 10.7. The molecule has 2 aromatic rings. The summed E-state index contributed by atoms with van der Waals surface area (Å²) in [5.41, 5.74) is 4.62. The first-order valence-corrected chi connectivity index (χ1v) is 9.98. The molecule has 2 N–H and O–H groups in total. The molecule has 2 aliphatic rings. The van der Waals surface area contributed by atoms with Gasteiger partial charge in [-0.1, -0.05) is 35.3 Å². The lowest BCUT2D eigenvalue weighted by Crippen LogP contribution is -2.38. The van der Waals surface area contributed by atoms with Crippen molar-refractivity contribution >= 4 is 35.0 Å². The minimum Gasteiger partial charge on any atom is -0.338 e. The van der Waals surface area contributed by atoms with Crippen molar-refractivity contribution in [1.29, 1.82) is 0 Å². The van der Waals surface area contributed by atoms with Gasteiger partial charge in [-0.05, 0) is 61.1 Å². The number of benzene rings is 2. The fraction of sp³-hybridized carbons (Fsp3) is 0.333. The Labute approximate surface area is 173 Å². The SMILES string of the molecule is O=C(NO)c1ccc2c(c1)CC[C@]1(CCN(Cc3c(Cl)cccc3Cl)C1=O)C2. The van der Waals surface area contributed by atoms with Crippen LogP contribution in [-0.2, 0) is 24.2 Å². The summed E-state index contributed by atoms with van der Waals surface area (Å²) < 4.78 is 0. The van der Waals surface area contributed by atoms with Crippen LogP contribution in [-0.4, -0.2) is 28.5 Å². The van der Waals surface area contributed by atoms with Crippen molar-refractivity contribution in [3.63, 3.8) is 0 Å². The molecule has 1 saturated heterocycles. The Morgan fingerprint density at radius 1 is 1.14 bits per heavy atom. The highest BCUT2D eigenvalue weighted by Gasteiger charge is 2.48. The van der Waals surface area contributed by atoms with Crippen LogP contribution >= 0.6 is 23.2 Å². The van der Waals surface area contributed by atoms with E-state index in [9.17, 15) is 9.59 Å². The quantitative estimate of drug-likeness (QED) is 0.583. The Morgan fingerprint density at radius 2 is 1.89 bits per heavy atom. The van der Waals surface area contributed by atoms with E-state index >= 15 is 0 Å². The highest BCUT2D eigenvalue weighted by molar-refractivity contribution is 6.36. The molecule has 1 atom stereocenters. The molecule has 7 heteroatoms. The molecule has 4 rings (SSSR count). The summed E-state index contributed by atoms with van der Waals surface area (Å²) in [6.45, 7) is 1.10. The predicted octanol–water partition coefficient (Wildman–Crippen LogP) is 4.02. The van der Waals surface area contributed by atoms with E-state index in [1.165, 1.54) is 0 Å². The van der Waals surface area contributed by atoms with E-state index in [-0.39, 0.29) is 5.91 Å². The van der Waals surface area contributed by atoms with Gasteiger partial charge in [-0.15, -0.1) is 0 Å². The van der Waals surface area contributed by atoms with E-state index in [0.29, 0.717) is 35.1 Å². The highest BCUT2D eigenvalue weighted by atomic mass is 35.5. The molecule has 0 bridgehead atoms. The minimum absolute atomic E-state index is 0.145. The summed E-state index contributed by atoms with van der Waals surface area (Å²) in [6.07, 6.45) is 2.94. The molecule has 5 nitrogen and oxygen atoms in total. The van der Waals surface area contributed by atoms with E-state index in [1.54, 1.807) is 35.8 Å². The monoisotopic (exact) mass is 418 g/mol. The Bertz CT molecular complexity index is 942. The van der Waals surface area contributed by atoms with Crippen LogP contribution in [0.1, 0.15) is 39.9 Å². The molecule has 28 heavy (non-hydrogen) atoms. The van der Waals surface area contributed by atoms with Crippen LogP contribution in [0.3, 0.4) is 0 Å². The van der Waals surface area contributed by atoms with Gasteiger partial charge < -0.3 is 4.90 Å². The van der Waals surface area contributed by atoms with Gasteiger partial charge >= 0.3 is 0 Å². The summed E-state index contributed by atoms with van der Waals surface area (Å²) in [5, 5.41) is 9.96. The molecular weight excluding hydrogens is 399 g/mol. The Kier molecular flexibility index (Phi) is 5.08. The maximum absolute atomic E-state index is 13.3. The van der Waals surface area contributed by atoms with Crippen LogP contribution in [0, 0.1) is 5.41 Å². The zero-order chi connectivity index (χ0) is 19.9. The van der Waals surface area contributed by atoms with Gasteiger partial charge in [-0.25, -0.2) is 5.48 Å². The molecule has 0 aromatic heterocycles. The van der Waals surface area contributed by atoms with Crippen molar-refractivity contribution in [1.82, 2.24) is 10.4 Å². The summed E-state index contributed by atoms with van der Waals surface area (Å²) >= 11 is 12.6. The van der Waals surface area contributed by atoms with E-state index in [0.717, 1.165) is 36.0 Å². The standard InChI is InChI=1S/C21H20Cl2N2O3/c22-17-2-1-3-18(23)16(17)12-25-9-8-21(20(25)27)7-6-13-10-14(19(26)24-28)4-5-15(13)11-21/h1-5,10,28H,6-9,11-12H2,(H,24,26)/t21-/m0/s1. The predicted molar refractivity (Wildman–Crippen MR) is 107 cm³/mol. The third kappa shape index (κ3) is 3.28. The first-order valence-electron chi connectivity index (χ1n) is 9.22. The largest absolute Gasteiger partial charge is 0.338 e. The van der Waals surface area contributed by atoms with Gasteiger partial charge in [0.15, 0.2) is 0 Å². The fourth-order valence-corrected chi connectivity index (χ4v) is 4.89. The second kappa shape index (κ2) is 7.39. The normalized spacial score (nSPS) is 21.1. The van der Waals surface area contributed by atoms with Gasteiger partial charge in [0.2, 0.25) is 5.91 Å². The van der Waals surface area contributed by atoms with Crippen molar-refractivity contribution in [2.75, 3.05) is 6.54 Å². The van der Waals surface area contributed by atoms with Crippen LogP contribution in [0.2, 0.25) is 10.0 Å².